The Morgan fingerprint density at radius 1 is 1.17 bits per heavy atom. The number of carbonyl (C=O) groups is 1. The van der Waals surface area contributed by atoms with E-state index in [1.807, 2.05) is 24.3 Å². The molecule has 3 aromatic rings. The maximum absolute atomic E-state index is 11.7. The van der Waals surface area contributed by atoms with Gasteiger partial charge in [0.15, 0.2) is 0 Å². The topological polar surface area (TPSA) is 56.2 Å². The maximum Gasteiger partial charge on any atom is 0.246 e. The van der Waals surface area contributed by atoms with Crippen molar-refractivity contribution in [2.24, 2.45) is 0 Å². The van der Waals surface area contributed by atoms with Gasteiger partial charge in [0.2, 0.25) is 5.91 Å². The predicted molar refractivity (Wildman–Crippen MR) is 122 cm³/mol. The van der Waals surface area contributed by atoms with Crippen LogP contribution >= 0.6 is 0 Å². The molecule has 1 heterocycles. The molecule has 0 aliphatic rings. The molecule has 158 valence electrons. The average molecular weight is 406 g/mol. The lowest BCUT2D eigenvalue weighted by molar-refractivity contribution is -0.117. The largest absolute Gasteiger partial charge is 0.493 e. The van der Waals surface area contributed by atoms with Crippen molar-refractivity contribution in [1.29, 1.82) is 0 Å². The van der Waals surface area contributed by atoms with E-state index >= 15 is 0 Å². The molecule has 0 spiro atoms. The molecule has 0 radical (unpaired) electrons. The van der Waals surface area contributed by atoms with E-state index in [2.05, 4.69) is 48.5 Å². The second-order valence-electron chi connectivity index (χ2n) is 7.78. The first-order chi connectivity index (χ1) is 14.5. The molecule has 0 saturated carbocycles. The number of rotatable bonds is 10. The Morgan fingerprint density at radius 2 is 1.97 bits per heavy atom. The monoisotopic (exact) mass is 405 g/mol. The van der Waals surface area contributed by atoms with Crippen LogP contribution in [0.15, 0.2) is 54.6 Å². The average Bonchev–Trinajstić information content (AvgIpc) is 3.07. The number of hydrogen-bond donors (Lipinski definition) is 1. The number of para-hydroxylation sites is 2. The van der Waals surface area contributed by atoms with Crippen molar-refractivity contribution in [3.8, 4) is 5.75 Å². The molecule has 0 aliphatic heterocycles. The van der Waals surface area contributed by atoms with Gasteiger partial charge in [0.1, 0.15) is 11.6 Å². The summed E-state index contributed by atoms with van der Waals surface area (Å²) in [7, 11) is 0. The lowest BCUT2D eigenvalue weighted by atomic mass is 10.1. The predicted octanol–water partition coefficient (Wildman–Crippen LogP) is 4.75. The fourth-order valence-corrected chi connectivity index (χ4v) is 3.53. The number of carbonyl (C=O) groups excluding carboxylic acids is 1. The van der Waals surface area contributed by atoms with Crippen molar-refractivity contribution in [3.63, 3.8) is 0 Å². The third-order valence-corrected chi connectivity index (χ3v) is 5.10. The fraction of sp³-hybridized carbons (Fsp3) is 0.360. The van der Waals surface area contributed by atoms with Crippen LogP contribution in [0.4, 0.5) is 0 Å². The van der Waals surface area contributed by atoms with E-state index < -0.39 is 0 Å². The van der Waals surface area contributed by atoms with Crippen LogP contribution < -0.4 is 10.1 Å². The molecule has 3 rings (SSSR count). The number of nitrogens with one attached hydrogen (secondary N) is 1. The van der Waals surface area contributed by atoms with Gasteiger partial charge in [-0.05, 0) is 57.4 Å². The summed E-state index contributed by atoms with van der Waals surface area (Å²) >= 11 is 0. The first-order valence-electron chi connectivity index (χ1n) is 10.5. The summed E-state index contributed by atoms with van der Waals surface area (Å²) in [5.41, 5.74) is 5.10. The lowest BCUT2D eigenvalue weighted by Gasteiger charge is -2.12. The summed E-state index contributed by atoms with van der Waals surface area (Å²) in [6.07, 6.45) is 2.54. The van der Waals surface area contributed by atoms with Gasteiger partial charge in [0.05, 0.1) is 17.6 Å². The molecular formula is C25H31N3O2. The van der Waals surface area contributed by atoms with E-state index in [9.17, 15) is 4.79 Å². The van der Waals surface area contributed by atoms with Crippen molar-refractivity contribution in [1.82, 2.24) is 14.9 Å². The zero-order valence-electron chi connectivity index (χ0n) is 18.2. The van der Waals surface area contributed by atoms with Crippen LogP contribution in [0, 0.1) is 13.8 Å². The minimum atomic E-state index is -0.0907. The van der Waals surface area contributed by atoms with Gasteiger partial charge >= 0.3 is 0 Å². The Morgan fingerprint density at radius 3 is 2.73 bits per heavy atom. The van der Waals surface area contributed by atoms with Gasteiger partial charge in [0, 0.05) is 25.1 Å². The normalized spacial score (nSPS) is 10.9. The number of benzene rings is 2. The minimum Gasteiger partial charge on any atom is -0.493 e. The third-order valence-electron chi connectivity index (χ3n) is 5.10. The highest BCUT2D eigenvalue weighted by molar-refractivity contribution is 5.92. The molecule has 0 aliphatic carbocycles. The van der Waals surface area contributed by atoms with Crippen LogP contribution in [-0.4, -0.2) is 28.6 Å². The van der Waals surface area contributed by atoms with Crippen molar-refractivity contribution in [2.45, 2.75) is 46.6 Å². The highest BCUT2D eigenvalue weighted by atomic mass is 16.5. The number of ether oxygens (including phenoxy) is 1. The second-order valence-corrected chi connectivity index (χ2v) is 7.78. The Labute approximate surface area is 178 Å². The third kappa shape index (κ3) is 5.50. The van der Waals surface area contributed by atoms with Crippen molar-refractivity contribution < 1.29 is 9.53 Å². The number of hydrogen-bond acceptors (Lipinski definition) is 3. The van der Waals surface area contributed by atoms with Crippen LogP contribution in [0.3, 0.4) is 0 Å². The Kier molecular flexibility index (Phi) is 7.28. The van der Waals surface area contributed by atoms with Gasteiger partial charge in [-0.1, -0.05) is 36.4 Å². The quantitative estimate of drug-likeness (QED) is 0.391. The summed E-state index contributed by atoms with van der Waals surface area (Å²) in [5, 5.41) is 2.89. The summed E-state index contributed by atoms with van der Waals surface area (Å²) in [6, 6.07) is 14.5. The number of aryl methyl sites for hydroxylation is 4. The number of nitrogens with zero attached hydrogens (tertiary/aromatic N) is 2. The first-order valence-corrected chi connectivity index (χ1v) is 10.5. The molecule has 1 aromatic heterocycles. The van der Waals surface area contributed by atoms with Gasteiger partial charge in [-0.3, -0.25) is 4.79 Å². The summed E-state index contributed by atoms with van der Waals surface area (Å²) < 4.78 is 8.28. The molecule has 2 aromatic carbocycles. The van der Waals surface area contributed by atoms with E-state index in [0.717, 1.165) is 48.4 Å². The zero-order chi connectivity index (χ0) is 21.5. The van der Waals surface area contributed by atoms with E-state index in [-0.39, 0.29) is 5.91 Å². The van der Waals surface area contributed by atoms with Crippen LogP contribution in [0.25, 0.3) is 11.0 Å². The van der Waals surface area contributed by atoms with Crippen molar-refractivity contribution in [3.05, 3.63) is 71.6 Å². The number of aromatic nitrogens is 2. The van der Waals surface area contributed by atoms with Crippen LogP contribution in [-0.2, 0) is 17.8 Å². The summed E-state index contributed by atoms with van der Waals surface area (Å²) in [4.78, 5) is 16.5. The highest BCUT2D eigenvalue weighted by Gasteiger charge is 2.11. The lowest BCUT2D eigenvalue weighted by Crippen LogP contribution is -2.25. The van der Waals surface area contributed by atoms with Gasteiger partial charge in [-0.15, -0.1) is 0 Å². The van der Waals surface area contributed by atoms with E-state index in [4.69, 9.17) is 9.72 Å². The molecule has 0 bridgehead atoms. The van der Waals surface area contributed by atoms with Crippen molar-refractivity contribution >= 4 is 16.9 Å². The van der Waals surface area contributed by atoms with E-state index in [1.165, 1.54) is 11.1 Å². The number of imidazole rings is 1. The van der Waals surface area contributed by atoms with Gasteiger partial charge in [-0.25, -0.2) is 4.98 Å². The van der Waals surface area contributed by atoms with Crippen LogP contribution in [0.1, 0.15) is 36.7 Å². The molecule has 0 unspecified atom stereocenters. The molecule has 0 atom stereocenters. The zero-order valence-corrected chi connectivity index (χ0v) is 18.2. The van der Waals surface area contributed by atoms with Crippen LogP contribution in [0.2, 0.25) is 0 Å². The first kappa shape index (κ1) is 21.6. The second kappa shape index (κ2) is 10.1. The highest BCUT2D eigenvalue weighted by Crippen LogP contribution is 2.20. The fourth-order valence-electron chi connectivity index (χ4n) is 3.53. The number of amides is 1. The maximum atomic E-state index is 11.7. The van der Waals surface area contributed by atoms with Crippen molar-refractivity contribution in [2.75, 3.05) is 13.2 Å². The van der Waals surface area contributed by atoms with Gasteiger partial charge in [-0.2, -0.15) is 0 Å². The standard InChI is InChI=1S/C25H31N3O2/c1-18(2)25(29)26-14-7-11-24-27-21-9-5-6-10-22(21)28(24)15-8-16-30-23-13-12-19(3)17-20(23)4/h5-6,9-10,12-13,17H,1,7-8,11,14-16H2,2-4H3,(H,26,29). The minimum absolute atomic E-state index is 0.0907. The molecule has 1 amide bonds. The molecule has 30 heavy (non-hydrogen) atoms. The summed E-state index contributed by atoms with van der Waals surface area (Å²) in [6.45, 7) is 11.7. The van der Waals surface area contributed by atoms with E-state index in [1.54, 1.807) is 6.92 Å². The van der Waals surface area contributed by atoms with Crippen LogP contribution in [0.5, 0.6) is 5.75 Å². The molecule has 5 nitrogen and oxygen atoms in total. The molecule has 5 heteroatoms. The Hall–Kier alpha value is -3.08. The molecular weight excluding hydrogens is 374 g/mol. The Balaban J connectivity index is 1.60. The molecule has 0 saturated heterocycles. The molecule has 1 N–H and O–H groups in total. The van der Waals surface area contributed by atoms with Gasteiger partial charge < -0.3 is 14.6 Å². The Bertz CT molecular complexity index is 1040. The molecule has 0 fully saturated rings. The SMILES string of the molecule is C=C(C)C(=O)NCCCc1nc2ccccc2n1CCCOc1ccc(C)cc1C. The van der Waals surface area contributed by atoms with Gasteiger partial charge in [0.25, 0.3) is 0 Å². The summed E-state index contributed by atoms with van der Waals surface area (Å²) in [5.74, 6) is 1.91. The number of fused-ring (bicyclic) bond motifs is 1. The smallest absolute Gasteiger partial charge is 0.246 e. The van der Waals surface area contributed by atoms with E-state index in [0.29, 0.717) is 18.7 Å².